The normalized spacial score (nSPS) is 19.8. The van der Waals surface area contributed by atoms with Crippen LogP contribution in [0.3, 0.4) is 0 Å². The molecule has 1 fully saturated rings. The van der Waals surface area contributed by atoms with Crippen molar-refractivity contribution in [2.24, 2.45) is 5.73 Å². The van der Waals surface area contributed by atoms with Crippen molar-refractivity contribution in [3.63, 3.8) is 0 Å². The number of aromatic nitrogens is 2. The number of ether oxygens (including phenoxy) is 1. The molecule has 1 saturated heterocycles. The Kier molecular flexibility index (Phi) is 4.28. The van der Waals surface area contributed by atoms with Crippen molar-refractivity contribution in [3.05, 3.63) is 35.7 Å². The van der Waals surface area contributed by atoms with Crippen LogP contribution in [0, 0.1) is 6.92 Å². The number of nitrogens with zero attached hydrogens (tertiary/aromatic N) is 3. The zero-order valence-corrected chi connectivity index (χ0v) is 12.2. The molecule has 0 radical (unpaired) electrons. The molecule has 1 aliphatic heterocycles. The number of morpholine rings is 1. The number of nitrogens with two attached hydrogens (primary N) is 1. The summed E-state index contributed by atoms with van der Waals surface area (Å²) in [5.41, 5.74) is 7.78. The van der Waals surface area contributed by atoms with Gasteiger partial charge in [-0.25, -0.2) is 0 Å². The minimum atomic E-state index is 0.0990. The molecule has 0 saturated carbocycles. The number of benzene rings is 1. The van der Waals surface area contributed by atoms with Gasteiger partial charge in [0, 0.05) is 25.2 Å². The number of rotatable bonds is 4. The van der Waals surface area contributed by atoms with E-state index in [1.54, 1.807) is 0 Å². The van der Waals surface area contributed by atoms with Gasteiger partial charge in [-0.05, 0) is 19.1 Å². The first-order chi connectivity index (χ1) is 10.2. The highest BCUT2D eigenvalue weighted by Crippen LogP contribution is 2.19. The SMILES string of the molecule is Cc1cccc(-c2nc(CN3CCOC(CN)C3)no2)c1. The molecule has 112 valence electrons. The second-order valence-electron chi connectivity index (χ2n) is 5.35. The Labute approximate surface area is 123 Å². The molecule has 6 nitrogen and oxygen atoms in total. The van der Waals surface area contributed by atoms with Crippen LogP contribution in [0.5, 0.6) is 0 Å². The van der Waals surface area contributed by atoms with Crippen molar-refractivity contribution >= 4 is 0 Å². The van der Waals surface area contributed by atoms with Gasteiger partial charge in [0.15, 0.2) is 5.82 Å². The summed E-state index contributed by atoms with van der Waals surface area (Å²) < 4.78 is 10.9. The highest BCUT2D eigenvalue weighted by atomic mass is 16.5. The third-order valence-corrected chi connectivity index (χ3v) is 3.58. The van der Waals surface area contributed by atoms with Crippen LogP contribution in [0.15, 0.2) is 28.8 Å². The van der Waals surface area contributed by atoms with Crippen molar-refractivity contribution in [3.8, 4) is 11.5 Å². The van der Waals surface area contributed by atoms with Crippen molar-refractivity contribution < 1.29 is 9.26 Å². The molecule has 0 bridgehead atoms. The van der Waals surface area contributed by atoms with Crippen LogP contribution in [0.4, 0.5) is 0 Å². The largest absolute Gasteiger partial charge is 0.374 e. The molecule has 3 rings (SSSR count). The predicted octanol–water partition coefficient (Wildman–Crippen LogP) is 1.20. The molecule has 2 aromatic rings. The summed E-state index contributed by atoms with van der Waals surface area (Å²) in [7, 11) is 0. The maximum absolute atomic E-state index is 5.65. The molecule has 0 aliphatic carbocycles. The average molecular weight is 288 g/mol. The lowest BCUT2D eigenvalue weighted by Crippen LogP contribution is -2.45. The Morgan fingerprint density at radius 3 is 3.14 bits per heavy atom. The smallest absolute Gasteiger partial charge is 0.257 e. The first kappa shape index (κ1) is 14.2. The van der Waals surface area contributed by atoms with E-state index in [-0.39, 0.29) is 6.10 Å². The fourth-order valence-corrected chi connectivity index (χ4v) is 2.48. The molecule has 2 N–H and O–H groups in total. The second kappa shape index (κ2) is 6.34. The lowest BCUT2D eigenvalue weighted by atomic mass is 10.1. The van der Waals surface area contributed by atoms with Crippen molar-refractivity contribution in [2.45, 2.75) is 19.6 Å². The Morgan fingerprint density at radius 2 is 2.33 bits per heavy atom. The summed E-state index contributed by atoms with van der Waals surface area (Å²) in [6, 6.07) is 8.05. The molecule has 6 heteroatoms. The fraction of sp³-hybridized carbons (Fsp3) is 0.467. The van der Waals surface area contributed by atoms with E-state index in [0.29, 0.717) is 31.4 Å². The van der Waals surface area contributed by atoms with Gasteiger partial charge in [0.05, 0.1) is 19.3 Å². The first-order valence-corrected chi connectivity index (χ1v) is 7.18. The minimum absolute atomic E-state index is 0.0990. The average Bonchev–Trinajstić information content (AvgIpc) is 2.96. The second-order valence-corrected chi connectivity index (χ2v) is 5.35. The van der Waals surface area contributed by atoms with Crippen LogP contribution < -0.4 is 5.73 Å². The van der Waals surface area contributed by atoms with Crippen LogP contribution in [0.25, 0.3) is 11.5 Å². The molecule has 0 spiro atoms. The summed E-state index contributed by atoms with van der Waals surface area (Å²) in [5, 5.41) is 4.07. The van der Waals surface area contributed by atoms with Gasteiger partial charge in [0.1, 0.15) is 0 Å². The molecular weight excluding hydrogens is 268 g/mol. The molecule has 1 aliphatic rings. The topological polar surface area (TPSA) is 77.4 Å². The van der Waals surface area contributed by atoms with Gasteiger partial charge in [0.2, 0.25) is 0 Å². The van der Waals surface area contributed by atoms with Crippen LogP contribution in [0.1, 0.15) is 11.4 Å². The Balaban J connectivity index is 1.68. The number of hydrogen-bond acceptors (Lipinski definition) is 6. The summed E-state index contributed by atoms with van der Waals surface area (Å²) in [5.74, 6) is 1.27. The molecule has 1 atom stereocenters. The fourth-order valence-electron chi connectivity index (χ4n) is 2.48. The van der Waals surface area contributed by atoms with Crippen molar-refractivity contribution in [2.75, 3.05) is 26.2 Å². The van der Waals surface area contributed by atoms with E-state index in [0.717, 1.165) is 18.7 Å². The maximum atomic E-state index is 5.65. The number of aryl methyl sites for hydroxylation is 1. The van der Waals surface area contributed by atoms with Gasteiger partial charge in [-0.15, -0.1) is 0 Å². The zero-order valence-electron chi connectivity index (χ0n) is 12.2. The summed E-state index contributed by atoms with van der Waals surface area (Å²) in [4.78, 5) is 6.72. The lowest BCUT2D eigenvalue weighted by Gasteiger charge is -2.31. The minimum Gasteiger partial charge on any atom is -0.374 e. The molecular formula is C15H20N4O2. The van der Waals surface area contributed by atoms with Crippen LogP contribution >= 0.6 is 0 Å². The highest BCUT2D eigenvalue weighted by molar-refractivity contribution is 5.53. The molecule has 21 heavy (non-hydrogen) atoms. The van der Waals surface area contributed by atoms with Gasteiger partial charge >= 0.3 is 0 Å². The monoisotopic (exact) mass is 288 g/mol. The van der Waals surface area contributed by atoms with Gasteiger partial charge in [0.25, 0.3) is 5.89 Å². The summed E-state index contributed by atoms with van der Waals surface area (Å²) in [6.45, 7) is 5.62. The van der Waals surface area contributed by atoms with E-state index in [4.69, 9.17) is 15.0 Å². The molecule has 1 aromatic heterocycles. The van der Waals surface area contributed by atoms with Gasteiger partial charge < -0.3 is 15.0 Å². The van der Waals surface area contributed by atoms with E-state index < -0.39 is 0 Å². The maximum Gasteiger partial charge on any atom is 0.257 e. The van der Waals surface area contributed by atoms with E-state index in [1.807, 2.05) is 31.2 Å². The van der Waals surface area contributed by atoms with Crippen molar-refractivity contribution in [1.29, 1.82) is 0 Å². The molecule has 1 unspecified atom stereocenters. The van der Waals surface area contributed by atoms with Gasteiger partial charge in [-0.1, -0.05) is 22.9 Å². The van der Waals surface area contributed by atoms with E-state index in [1.165, 1.54) is 5.56 Å². The molecule has 0 amide bonds. The number of hydrogen-bond donors (Lipinski definition) is 1. The zero-order chi connectivity index (χ0) is 14.7. The third kappa shape index (κ3) is 3.47. The molecule has 2 heterocycles. The van der Waals surface area contributed by atoms with Gasteiger partial charge in [-0.2, -0.15) is 4.98 Å². The van der Waals surface area contributed by atoms with Crippen LogP contribution in [-0.4, -0.2) is 47.4 Å². The van der Waals surface area contributed by atoms with Crippen LogP contribution in [-0.2, 0) is 11.3 Å². The van der Waals surface area contributed by atoms with E-state index in [9.17, 15) is 0 Å². The Hall–Kier alpha value is -1.76. The summed E-state index contributed by atoms with van der Waals surface area (Å²) >= 11 is 0. The van der Waals surface area contributed by atoms with E-state index in [2.05, 4.69) is 15.0 Å². The quantitative estimate of drug-likeness (QED) is 0.911. The first-order valence-electron chi connectivity index (χ1n) is 7.18. The lowest BCUT2D eigenvalue weighted by molar-refractivity contribution is -0.0269. The Morgan fingerprint density at radius 1 is 1.43 bits per heavy atom. The Bertz CT molecular complexity index is 599. The van der Waals surface area contributed by atoms with Crippen LogP contribution in [0.2, 0.25) is 0 Å². The van der Waals surface area contributed by atoms with Crippen molar-refractivity contribution in [1.82, 2.24) is 15.0 Å². The summed E-state index contributed by atoms with van der Waals surface area (Å²) in [6.07, 6.45) is 0.0990. The highest BCUT2D eigenvalue weighted by Gasteiger charge is 2.21. The predicted molar refractivity (Wildman–Crippen MR) is 78.5 cm³/mol. The van der Waals surface area contributed by atoms with Gasteiger partial charge in [-0.3, -0.25) is 4.90 Å². The third-order valence-electron chi connectivity index (χ3n) is 3.58. The standard InChI is InChI=1S/C15H20N4O2/c1-11-3-2-4-12(7-11)15-17-14(18-21-15)10-19-5-6-20-13(8-16)9-19/h2-4,7,13H,5-6,8-10,16H2,1H3. The molecule has 1 aromatic carbocycles. The van der Waals surface area contributed by atoms with E-state index >= 15 is 0 Å².